The van der Waals surface area contributed by atoms with Crippen LogP contribution in [-0.4, -0.2) is 33.2 Å². The molecular weight excluding hydrogens is 385 g/mol. The van der Waals surface area contributed by atoms with Gasteiger partial charge in [-0.1, -0.05) is 0 Å². The number of rotatable bonds is 7. The van der Waals surface area contributed by atoms with Gasteiger partial charge in [0.05, 0.1) is 18.7 Å². The molecule has 2 aromatic heterocycles. The second-order valence-corrected chi connectivity index (χ2v) is 6.92. The van der Waals surface area contributed by atoms with E-state index in [0.717, 1.165) is 34.9 Å². The van der Waals surface area contributed by atoms with E-state index in [2.05, 4.69) is 15.4 Å². The SMILES string of the molecule is CCOC(=O)Cc1csc(NC(=O)Cn2nc(C(F)(F)F)cc2C2CC2)n1. The first-order valence-corrected chi connectivity index (χ1v) is 9.19. The average Bonchev–Trinajstić information content (AvgIpc) is 3.17. The van der Waals surface area contributed by atoms with Crippen molar-refractivity contribution in [1.29, 1.82) is 0 Å². The number of anilines is 1. The van der Waals surface area contributed by atoms with Gasteiger partial charge in [0.2, 0.25) is 5.91 Å². The van der Waals surface area contributed by atoms with Gasteiger partial charge in [0, 0.05) is 17.0 Å². The normalized spacial score (nSPS) is 14.2. The van der Waals surface area contributed by atoms with Crippen molar-refractivity contribution in [2.24, 2.45) is 0 Å². The molecule has 2 heterocycles. The summed E-state index contributed by atoms with van der Waals surface area (Å²) in [6.45, 7) is 1.62. The molecule has 7 nitrogen and oxygen atoms in total. The molecule has 1 aliphatic rings. The van der Waals surface area contributed by atoms with E-state index in [-0.39, 0.29) is 30.6 Å². The van der Waals surface area contributed by atoms with Crippen LogP contribution < -0.4 is 5.32 Å². The monoisotopic (exact) mass is 402 g/mol. The highest BCUT2D eigenvalue weighted by Crippen LogP contribution is 2.42. The third-order valence-corrected chi connectivity index (χ3v) is 4.63. The molecular formula is C16H17F3N4O3S. The summed E-state index contributed by atoms with van der Waals surface area (Å²) in [6.07, 6.45) is -2.99. The van der Waals surface area contributed by atoms with Crippen molar-refractivity contribution in [2.45, 2.75) is 44.8 Å². The molecule has 27 heavy (non-hydrogen) atoms. The maximum absolute atomic E-state index is 12.9. The number of hydrogen-bond donors (Lipinski definition) is 1. The van der Waals surface area contributed by atoms with Gasteiger partial charge in [0.15, 0.2) is 10.8 Å². The fourth-order valence-corrected chi connectivity index (χ4v) is 3.23. The number of nitrogens with one attached hydrogen (secondary N) is 1. The predicted molar refractivity (Wildman–Crippen MR) is 90.3 cm³/mol. The number of carbonyl (C=O) groups is 2. The third kappa shape index (κ3) is 5.06. The summed E-state index contributed by atoms with van der Waals surface area (Å²) in [6, 6.07) is 1.01. The summed E-state index contributed by atoms with van der Waals surface area (Å²) in [7, 11) is 0. The molecule has 1 N–H and O–H groups in total. The lowest BCUT2D eigenvalue weighted by Crippen LogP contribution is -2.21. The van der Waals surface area contributed by atoms with E-state index >= 15 is 0 Å². The maximum atomic E-state index is 12.9. The van der Waals surface area contributed by atoms with Crippen molar-refractivity contribution >= 4 is 28.3 Å². The van der Waals surface area contributed by atoms with Crippen LogP contribution >= 0.6 is 11.3 Å². The minimum atomic E-state index is -4.55. The van der Waals surface area contributed by atoms with E-state index in [0.29, 0.717) is 11.4 Å². The second kappa shape index (κ2) is 7.67. The Morgan fingerprint density at radius 1 is 1.41 bits per heavy atom. The first-order valence-electron chi connectivity index (χ1n) is 8.31. The number of hydrogen-bond acceptors (Lipinski definition) is 6. The van der Waals surface area contributed by atoms with Crippen molar-refractivity contribution in [3.8, 4) is 0 Å². The summed E-state index contributed by atoms with van der Waals surface area (Å²) in [4.78, 5) is 27.7. The Labute approximate surface area is 156 Å². The van der Waals surface area contributed by atoms with Crippen LogP contribution in [0.4, 0.5) is 18.3 Å². The molecule has 2 aromatic rings. The van der Waals surface area contributed by atoms with Gasteiger partial charge in [-0.25, -0.2) is 4.98 Å². The topological polar surface area (TPSA) is 86.1 Å². The Bertz CT molecular complexity index is 842. The molecule has 0 aliphatic heterocycles. The van der Waals surface area contributed by atoms with Crippen LogP contribution in [0.1, 0.15) is 42.8 Å². The lowest BCUT2D eigenvalue weighted by Gasteiger charge is -2.06. The van der Waals surface area contributed by atoms with Gasteiger partial charge in [0.1, 0.15) is 6.54 Å². The standard InChI is InChI=1S/C16H17F3N4O3S/c1-2-26-14(25)5-10-8-27-15(20-10)21-13(24)7-23-11(9-3-4-9)6-12(22-23)16(17,18)19/h6,8-9H,2-5,7H2,1H3,(H,20,21,24). The van der Waals surface area contributed by atoms with Crippen molar-refractivity contribution in [3.05, 3.63) is 28.5 Å². The maximum Gasteiger partial charge on any atom is 0.435 e. The Morgan fingerprint density at radius 3 is 2.78 bits per heavy atom. The number of amides is 1. The highest BCUT2D eigenvalue weighted by molar-refractivity contribution is 7.13. The van der Waals surface area contributed by atoms with E-state index in [9.17, 15) is 22.8 Å². The molecule has 0 saturated heterocycles. The molecule has 1 fully saturated rings. The van der Waals surface area contributed by atoms with Crippen molar-refractivity contribution in [1.82, 2.24) is 14.8 Å². The summed E-state index contributed by atoms with van der Waals surface area (Å²) >= 11 is 1.12. The first kappa shape index (κ1) is 19.3. The highest BCUT2D eigenvalue weighted by Gasteiger charge is 2.38. The highest BCUT2D eigenvalue weighted by atomic mass is 32.1. The summed E-state index contributed by atoms with van der Waals surface area (Å²) in [5.74, 6) is -0.950. The zero-order valence-corrected chi connectivity index (χ0v) is 15.2. The van der Waals surface area contributed by atoms with E-state index in [1.165, 1.54) is 0 Å². The number of nitrogens with zero attached hydrogens (tertiary/aromatic N) is 3. The fourth-order valence-electron chi connectivity index (χ4n) is 2.50. The lowest BCUT2D eigenvalue weighted by atomic mass is 10.2. The molecule has 0 unspecified atom stereocenters. The first-order chi connectivity index (χ1) is 12.8. The van der Waals surface area contributed by atoms with E-state index in [1.54, 1.807) is 12.3 Å². The molecule has 0 bridgehead atoms. The Balaban J connectivity index is 1.64. The number of halogens is 3. The molecule has 11 heteroatoms. The minimum Gasteiger partial charge on any atom is -0.466 e. The largest absolute Gasteiger partial charge is 0.466 e. The Hall–Kier alpha value is -2.43. The summed E-state index contributed by atoms with van der Waals surface area (Å²) in [5, 5.41) is 7.94. The van der Waals surface area contributed by atoms with Crippen LogP contribution in [-0.2, 0) is 33.5 Å². The molecule has 3 rings (SSSR count). The van der Waals surface area contributed by atoms with Crippen LogP contribution in [0.15, 0.2) is 11.4 Å². The molecule has 0 spiro atoms. The summed E-state index contributed by atoms with van der Waals surface area (Å²) in [5.41, 5.74) is -0.131. The van der Waals surface area contributed by atoms with Crippen LogP contribution in [0.25, 0.3) is 0 Å². The van der Waals surface area contributed by atoms with Gasteiger partial charge in [-0.2, -0.15) is 18.3 Å². The number of thiazole rings is 1. The van der Waals surface area contributed by atoms with E-state index in [1.807, 2.05) is 0 Å². The van der Waals surface area contributed by atoms with Crippen LogP contribution in [0, 0.1) is 0 Å². The smallest absolute Gasteiger partial charge is 0.435 e. The van der Waals surface area contributed by atoms with Gasteiger partial charge < -0.3 is 10.1 Å². The van der Waals surface area contributed by atoms with Crippen molar-refractivity contribution < 1.29 is 27.5 Å². The zero-order chi connectivity index (χ0) is 19.6. The molecule has 146 valence electrons. The molecule has 0 aromatic carbocycles. The number of aromatic nitrogens is 3. The third-order valence-electron chi connectivity index (χ3n) is 3.82. The zero-order valence-electron chi connectivity index (χ0n) is 14.4. The molecule has 1 amide bonds. The van der Waals surface area contributed by atoms with Gasteiger partial charge >= 0.3 is 12.1 Å². The second-order valence-electron chi connectivity index (χ2n) is 6.06. The predicted octanol–water partition coefficient (Wildman–Crippen LogP) is 2.98. The number of alkyl halides is 3. The Morgan fingerprint density at radius 2 is 2.15 bits per heavy atom. The van der Waals surface area contributed by atoms with Crippen LogP contribution in [0.5, 0.6) is 0 Å². The molecule has 0 atom stereocenters. The van der Waals surface area contributed by atoms with Crippen molar-refractivity contribution in [3.63, 3.8) is 0 Å². The van der Waals surface area contributed by atoms with Gasteiger partial charge in [-0.05, 0) is 25.8 Å². The van der Waals surface area contributed by atoms with Gasteiger partial charge in [-0.3, -0.25) is 14.3 Å². The Kier molecular flexibility index (Phi) is 5.49. The molecule has 0 radical (unpaired) electrons. The summed E-state index contributed by atoms with van der Waals surface area (Å²) < 4.78 is 44.6. The molecule has 1 aliphatic carbocycles. The number of ether oxygens (including phenoxy) is 1. The quantitative estimate of drug-likeness (QED) is 0.720. The number of esters is 1. The lowest BCUT2D eigenvalue weighted by molar-refractivity contribution is -0.142. The fraction of sp³-hybridized carbons (Fsp3) is 0.500. The van der Waals surface area contributed by atoms with Gasteiger partial charge in [0.25, 0.3) is 0 Å². The molecule has 1 saturated carbocycles. The number of carbonyl (C=O) groups excluding carboxylic acids is 2. The average molecular weight is 402 g/mol. The van der Waals surface area contributed by atoms with E-state index < -0.39 is 23.7 Å². The van der Waals surface area contributed by atoms with Crippen LogP contribution in [0.3, 0.4) is 0 Å². The van der Waals surface area contributed by atoms with E-state index in [4.69, 9.17) is 4.74 Å². The minimum absolute atomic E-state index is 0.0115. The van der Waals surface area contributed by atoms with Crippen molar-refractivity contribution in [2.75, 3.05) is 11.9 Å². The van der Waals surface area contributed by atoms with Gasteiger partial charge in [-0.15, -0.1) is 11.3 Å². The van der Waals surface area contributed by atoms with Crippen LogP contribution in [0.2, 0.25) is 0 Å².